The molecule has 0 saturated heterocycles. The van der Waals surface area contributed by atoms with Crippen LogP contribution in [0.25, 0.3) is 0 Å². The Morgan fingerprint density at radius 3 is 2.12 bits per heavy atom. The van der Waals surface area contributed by atoms with E-state index in [2.05, 4.69) is 24.2 Å². The van der Waals surface area contributed by atoms with Crippen LogP contribution in [0.3, 0.4) is 0 Å². The van der Waals surface area contributed by atoms with Crippen molar-refractivity contribution in [3.63, 3.8) is 0 Å². The van der Waals surface area contributed by atoms with E-state index in [1.807, 2.05) is 13.8 Å². The van der Waals surface area contributed by atoms with Gasteiger partial charge in [-0.3, -0.25) is 0 Å². The van der Waals surface area contributed by atoms with E-state index in [1.165, 1.54) is 13.0 Å². The standard InChI is InChI=1S/C5H9N.C2H6/c1-6-4-2-3-5-6;1-2/h2,4H,3,5H2,1H3;1-2H3. The number of nitrogens with zero attached hydrogens (tertiary/aromatic N) is 1. The second-order valence-electron chi connectivity index (χ2n) is 1.65. The van der Waals surface area contributed by atoms with Gasteiger partial charge >= 0.3 is 0 Å². The molecule has 48 valence electrons. The zero-order valence-electron chi connectivity index (χ0n) is 6.02. The van der Waals surface area contributed by atoms with Crippen molar-refractivity contribution in [1.29, 1.82) is 0 Å². The lowest BCUT2D eigenvalue weighted by atomic mass is 10.5. The van der Waals surface area contributed by atoms with Crippen molar-refractivity contribution in [2.75, 3.05) is 13.6 Å². The molecular weight excluding hydrogens is 98.1 g/mol. The van der Waals surface area contributed by atoms with E-state index in [0.717, 1.165) is 0 Å². The predicted molar refractivity (Wildman–Crippen MR) is 37.7 cm³/mol. The molecule has 1 aliphatic rings. The van der Waals surface area contributed by atoms with Gasteiger partial charge in [0.1, 0.15) is 0 Å². The molecule has 0 fully saturated rings. The fourth-order valence-corrected chi connectivity index (χ4v) is 0.607. The third kappa shape index (κ3) is 2.67. The maximum absolute atomic E-state index is 2.18. The SMILES string of the molecule is CC.CN1C=CCC1. The van der Waals surface area contributed by atoms with Gasteiger partial charge in [0.2, 0.25) is 0 Å². The topological polar surface area (TPSA) is 3.24 Å². The number of hydrogen-bond donors (Lipinski definition) is 0. The van der Waals surface area contributed by atoms with Crippen molar-refractivity contribution in [2.45, 2.75) is 20.3 Å². The van der Waals surface area contributed by atoms with Crippen LogP contribution in [0.15, 0.2) is 12.3 Å². The van der Waals surface area contributed by atoms with E-state index in [1.54, 1.807) is 0 Å². The molecule has 0 unspecified atom stereocenters. The quantitative estimate of drug-likeness (QED) is 0.463. The molecule has 1 rings (SSSR count). The molecule has 0 atom stereocenters. The van der Waals surface area contributed by atoms with E-state index in [4.69, 9.17) is 0 Å². The van der Waals surface area contributed by atoms with E-state index < -0.39 is 0 Å². The summed E-state index contributed by atoms with van der Waals surface area (Å²) in [5, 5.41) is 0. The fourth-order valence-electron chi connectivity index (χ4n) is 0.607. The normalized spacial score (nSPS) is 15.6. The molecule has 1 aliphatic heterocycles. The lowest BCUT2D eigenvalue weighted by Gasteiger charge is -2.02. The van der Waals surface area contributed by atoms with Gasteiger partial charge < -0.3 is 4.90 Å². The molecule has 8 heavy (non-hydrogen) atoms. The summed E-state index contributed by atoms with van der Waals surface area (Å²) in [4.78, 5) is 2.18. The molecule has 0 amide bonds. The van der Waals surface area contributed by atoms with Crippen LogP contribution in [-0.4, -0.2) is 18.5 Å². The second-order valence-corrected chi connectivity index (χ2v) is 1.65. The van der Waals surface area contributed by atoms with Crippen LogP contribution in [0.4, 0.5) is 0 Å². The van der Waals surface area contributed by atoms with Gasteiger partial charge in [0.25, 0.3) is 0 Å². The Balaban J connectivity index is 0.000000222. The van der Waals surface area contributed by atoms with E-state index in [-0.39, 0.29) is 0 Å². The van der Waals surface area contributed by atoms with Crippen molar-refractivity contribution >= 4 is 0 Å². The lowest BCUT2D eigenvalue weighted by molar-refractivity contribution is 0.496. The average Bonchev–Trinajstić information content (AvgIpc) is 2.24. The Kier molecular flexibility index (Phi) is 4.42. The van der Waals surface area contributed by atoms with Crippen molar-refractivity contribution < 1.29 is 0 Å². The number of hydrogen-bond acceptors (Lipinski definition) is 1. The van der Waals surface area contributed by atoms with Crippen LogP contribution >= 0.6 is 0 Å². The summed E-state index contributed by atoms with van der Waals surface area (Å²) in [6.07, 6.45) is 5.52. The third-order valence-electron chi connectivity index (χ3n) is 1.01. The summed E-state index contributed by atoms with van der Waals surface area (Å²) in [5.74, 6) is 0. The van der Waals surface area contributed by atoms with Crippen molar-refractivity contribution in [1.82, 2.24) is 4.90 Å². The lowest BCUT2D eigenvalue weighted by Crippen LogP contribution is -2.04. The van der Waals surface area contributed by atoms with Gasteiger partial charge in [0.05, 0.1) is 0 Å². The van der Waals surface area contributed by atoms with Gasteiger partial charge in [-0.25, -0.2) is 0 Å². The monoisotopic (exact) mass is 113 g/mol. The predicted octanol–water partition coefficient (Wildman–Crippen LogP) is 1.86. The molecule has 0 aromatic rings. The first-order valence-electron chi connectivity index (χ1n) is 3.26. The minimum absolute atomic E-state index is 1.21. The molecular formula is C7H15N. The maximum atomic E-state index is 2.18. The summed E-state index contributed by atoms with van der Waals surface area (Å²) < 4.78 is 0. The Hall–Kier alpha value is -0.460. The van der Waals surface area contributed by atoms with Crippen LogP contribution in [0.2, 0.25) is 0 Å². The summed E-state index contributed by atoms with van der Waals surface area (Å²) in [5.41, 5.74) is 0. The fraction of sp³-hybridized carbons (Fsp3) is 0.714. The minimum atomic E-state index is 1.21. The van der Waals surface area contributed by atoms with Crippen LogP contribution in [-0.2, 0) is 0 Å². The van der Waals surface area contributed by atoms with Crippen LogP contribution in [0.1, 0.15) is 20.3 Å². The van der Waals surface area contributed by atoms with Gasteiger partial charge in [0.15, 0.2) is 0 Å². The Bertz CT molecular complexity index is 66.8. The molecule has 0 radical (unpaired) electrons. The van der Waals surface area contributed by atoms with Crippen molar-refractivity contribution in [3.05, 3.63) is 12.3 Å². The first kappa shape index (κ1) is 7.54. The summed E-state index contributed by atoms with van der Waals surface area (Å²) in [6.45, 7) is 5.21. The Morgan fingerprint density at radius 1 is 1.38 bits per heavy atom. The van der Waals surface area contributed by atoms with Crippen molar-refractivity contribution in [2.24, 2.45) is 0 Å². The van der Waals surface area contributed by atoms with Gasteiger partial charge in [-0.1, -0.05) is 19.9 Å². The smallest absolute Gasteiger partial charge is 0.0204 e. The second kappa shape index (κ2) is 4.69. The van der Waals surface area contributed by atoms with Gasteiger partial charge in [-0.05, 0) is 12.6 Å². The van der Waals surface area contributed by atoms with Crippen LogP contribution in [0, 0.1) is 0 Å². The van der Waals surface area contributed by atoms with Crippen molar-refractivity contribution in [3.8, 4) is 0 Å². The molecule has 1 heteroatoms. The summed E-state index contributed by atoms with van der Waals surface area (Å²) in [6, 6.07) is 0. The molecule has 0 aromatic carbocycles. The molecule has 0 N–H and O–H groups in total. The zero-order chi connectivity index (χ0) is 6.41. The molecule has 0 aromatic heterocycles. The highest BCUT2D eigenvalue weighted by Gasteiger charge is 1.92. The first-order chi connectivity index (χ1) is 3.89. The van der Waals surface area contributed by atoms with E-state index in [0.29, 0.717) is 0 Å². The van der Waals surface area contributed by atoms with Crippen LogP contribution in [0.5, 0.6) is 0 Å². The molecule has 0 saturated carbocycles. The van der Waals surface area contributed by atoms with Crippen LogP contribution < -0.4 is 0 Å². The highest BCUT2D eigenvalue weighted by molar-refractivity contribution is 4.88. The van der Waals surface area contributed by atoms with Gasteiger partial charge in [0, 0.05) is 13.6 Å². The summed E-state index contributed by atoms with van der Waals surface area (Å²) >= 11 is 0. The molecule has 1 nitrogen and oxygen atoms in total. The molecule has 0 spiro atoms. The van der Waals surface area contributed by atoms with Gasteiger partial charge in [-0.2, -0.15) is 0 Å². The Labute approximate surface area is 52.0 Å². The first-order valence-corrected chi connectivity index (χ1v) is 3.26. The molecule has 1 heterocycles. The number of rotatable bonds is 0. The maximum Gasteiger partial charge on any atom is 0.0204 e. The molecule has 0 bridgehead atoms. The Morgan fingerprint density at radius 2 is 2.00 bits per heavy atom. The highest BCUT2D eigenvalue weighted by Crippen LogP contribution is 1.97. The average molecular weight is 113 g/mol. The largest absolute Gasteiger partial charge is 0.380 e. The van der Waals surface area contributed by atoms with E-state index >= 15 is 0 Å². The van der Waals surface area contributed by atoms with E-state index in [9.17, 15) is 0 Å². The highest BCUT2D eigenvalue weighted by atomic mass is 15.1. The third-order valence-corrected chi connectivity index (χ3v) is 1.01. The van der Waals surface area contributed by atoms with Gasteiger partial charge in [-0.15, -0.1) is 0 Å². The zero-order valence-corrected chi connectivity index (χ0v) is 6.02. The molecule has 0 aliphatic carbocycles. The summed E-state index contributed by atoms with van der Waals surface area (Å²) in [7, 11) is 2.09. The minimum Gasteiger partial charge on any atom is -0.380 e.